The van der Waals surface area contributed by atoms with Crippen LogP contribution in [0.5, 0.6) is 0 Å². The summed E-state index contributed by atoms with van der Waals surface area (Å²) in [6.07, 6.45) is 0.0303. The van der Waals surface area contributed by atoms with E-state index in [0.29, 0.717) is 5.56 Å². The van der Waals surface area contributed by atoms with Gasteiger partial charge in [-0.05, 0) is 30.0 Å². The van der Waals surface area contributed by atoms with Gasteiger partial charge in [0.2, 0.25) is 0 Å². The minimum Gasteiger partial charge on any atom is -0.481 e. The molecule has 2 nitrogen and oxygen atoms in total. The van der Waals surface area contributed by atoms with Crippen LogP contribution in [0.4, 0.5) is 4.39 Å². The Labute approximate surface area is 82.4 Å². The fourth-order valence-electron chi connectivity index (χ4n) is 1.30. The molecule has 1 aromatic rings. The van der Waals surface area contributed by atoms with E-state index in [2.05, 4.69) is 0 Å². The van der Waals surface area contributed by atoms with Crippen molar-refractivity contribution in [2.24, 2.45) is 0 Å². The number of hydrogen-bond donors (Lipinski definition) is 1. The van der Waals surface area contributed by atoms with Crippen LogP contribution >= 0.6 is 0 Å². The zero-order chi connectivity index (χ0) is 10.7. The van der Waals surface area contributed by atoms with Crippen molar-refractivity contribution in [2.75, 3.05) is 0 Å². The number of carboxylic acids is 1. The van der Waals surface area contributed by atoms with Gasteiger partial charge in [0, 0.05) is 0 Å². The summed E-state index contributed by atoms with van der Waals surface area (Å²) in [5, 5.41) is 8.58. The van der Waals surface area contributed by atoms with Crippen LogP contribution in [0.3, 0.4) is 0 Å². The standard InChI is InChI=1S/C11H13FO2/c1-7-3-4-9(6-10(7)12)8(2)5-11(13)14/h3-4,6,8H,5H2,1-2H3,(H,13,14)/t8-/m0/s1. The quantitative estimate of drug-likeness (QED) is 0.807. The van der Waals surface area contributed by atoms with Crippen molar-refractivity contribution in [1.82, 2.24) is 0 Å². The molecule has 14 heavy (non-hydrogen) atoms. The van der Waals surface area contributed by atoms with Crippen LogP contribution in [0.15, 0.2) is 18.2 Å². The lowest BCUT2D eigenvalue weighted by atomic mass is 9.97. The minimum absolute atomic E-state index is 0.0303. The third-order valence-corrected chi connectivity index (χ3v) is 2.25. The predicted octanol–water partition coefficient (Wildman–Crippen LogP) is 2.71. The van der Waals surface area contributed by atoms with Crippen LogP contribution in [0.1, 0.15) is 30.4 Å². The largest absolute Gasteiger partial charge is 0.481 e. The van der Waals surface area contributed by atoms with E-state index in [1.54, 1.807) is 26.0 Å². The predicted molar refractivity (Wildman–Crippen MR) is 51.8 cm³/mol. The Kier molecular flexibility index (Phi) is 3.23. The van der Waals surface area contributed by atoms with Gasteiger partial charge in [-0.3, -0.25) is 4.79 Å². The third kappa shape index (κ3) is 2.55. The number of rotatable bonds is 3. The first kappa shape index (κ1) is 10.7. The first-order valence-corrected chi connectivity index (χ1v) is 4.48. The molecule has 0 radical (unpaired) electrons. The summed E-state index contributed by atoms with van der Waals surface area (Å²) in [4.78, 5) is 10.4. The molecule has 0 aliphatic carbocycles. The fraction of sp³-hybridized carbons (Fsp3) is 0.364. The van der Waals surface area contributed by atoms with Crippen molar-refractivity contribution in [2.45, 2.75) is 26.2 Å². The number of halogens is 1. The molecule has 0 bridgehead atoms. The second-order valence-corrected chi connectivity index (χ2v) is 3.51. The van der Waals surface area contributed by atoms with E-state index >= 15 is 0 Å². The Balaban J connectivity index is 2.85. The number of aryl methyl sites for hydroxylation is 1. The summed E-state index contributed by atoms with van der Waals surface area (Å²) in [5.41, 5.74) is 1.31. The molecule has 0 heterocycles. The molecule has 1 rings (SSSR count). The summed E-state index contributed by atoms with van der Waals surface area (Å²) in [5.74, 6) is -1.29. The maximum atomic E-state index is 13.1. The van der Waals surface area contributed by atoms with Gasteiger partial charge in [-0.2, -0.15) is 0 Å². The summed E-state index contributed by atoms with van der Waals surface area (Å²) in [6, 6.07) is 4.85. The lowest BCUT2D eigenvalue weighted by Gasteiger charge is -2.09. The van der Waals surface area contributed by atoms with Gasteiger partial charge in [-0.25, -0.2) is 4.39 Å². The van der Waals surface area contributed by atoms with Crippen molar-refractivity contribution >= 4 is 5.97 Å². The van der Waals surface area contributed by atoms with Gasteiger partial charge < -0.3 is 5.11 Å². The van der Waals surface area contributed by atoms with E-state index in [1.165, 1.54) is 6.07 Å². The second kappa shape index (κ2) is 4.22. The average Bonchev–Trinajstić information content (AvgIpc) is 2.08. The third-order valence-electron chi connectivity index (χ3n) is 2.25. The maximum absolute atomic E-state index is 13.1. The van der Waals surface area contributed by atoms with Gasteiger partial charge >= 0.3 is 5.97 Å². The topological polar surface area (TPSA) is 37.3 Å². The molecule has 1 aromatic carbocycles. The summed E-state index contributed by atoms with van der Waals surface area (Å²) >= 11 is 0. The fourth-order valence-corrected chi connectivity index (χ4v) is 1.30. The Morgan fingerprint density at radius 2 is 2.21 bits per heavy atom. The number of benzene rings is 1. The highest BCUT2D eigenvalue weighted by Crippen LogP contribution is 2.20. The van der Waals surface area contributed by atoms with Gasteiger partial charge in [0.15, 0.2) is 0 Å². The SMILES string of the molecule is Cc1ccc([C@@H](C)CC(=O)O)cc1F. The van der Waals surface area contributed by atoms with Crippen molar-refractivity contribution in [1.29, 1.82) is 0 Å². The van der Waals surface area contributed by atoms with Crippen molar-refractivity contribution < 1.29 is 14.3 Å². The molecule has 0 spiro atoms. The molecule has 76 valence electrons. The average molecular weight is 196 g/mol. The van der Waals surface area contributed by atoms with Crippen LogP contribution in [-0.4, -0.2) is 11.1 Å². The van der Waals surface area contributed by atoms with E-state index in [1.807, 2.05) is 0 Å². The molecule has 1 N–H and O–H groups in total. The molecule has 0 aliphatic rings. The van der Waals surface area contributed by atoms with Crippen molar-refractivity contribution in [3.8, 4) is 0 Å². The number of carboxylic acid groups (broad SMARTS) is 1. The van der Waals surface area contributed by atoms with Gasteiger partial charge in [-0.1, -0.05) is 19.1 Å². The molecule has 0 aromatic heterocycles. The van der Waals surface area contributed by atoms with Crippen LogP contribution in [0, 0.1) is 12.7 Å². The highest BCUT2D eigenvalue weighted by Gasteiger charge is 2.11. The van der Waals surface area contributed by atoms with Crippen LogP contribution < -0.4 is 0 Å². The maximum Gasteiger partial charge on any atom is 0.303 e. The number of hydrogen-bond acceptors (Lipinski definition) is 1. The first-order chi connectivity index (χ1) is 6.50. The smallest absolute Gasteiger partial charge is 0.303 e. The molecule has 0 saturated carbocycles. The van der Waals surface area contributed by atoms with E-state index in [0.717, 1.165) is 5.56 Å². The summed E-state index contributed by atoms with van der Waals surface area (Å²) < 4.78 is 13.1. The summed E-state index contributed by atoms with van der Waals surface area (Å²) in [6.45, 7) is 3.46. The van der Waals surface area contributed by atoms with Gasteiger partial charge in [0.25, 0.3) is 0 Å². The molecule has 0 saturated heterocycles. The number of aliphatic carboxylic acids is 1. The van der Waals surface area contributed by atoms with Crippen LogP contribution in [0.25, 0.3) is 0 Å². The minimum atomic E-state index is -0.863. The van der Waals surface area contributed by atoms with Gasteiger partial charge in [-0.15, -0.1) is 0 Å². The zero-order valence-corrected chi connectivity index (χ0v) is 8.25. The molecule has 3 heteroatoms. The molecular formula is C11H13FO2. The second-order valence-electron chi connectivity index (χ2n) is 3.51. The van der Waals surface area contributed by atoms with Crippen LogP contribution in [-0.2, 0) is 4.79 Å². The van der Waals surface area contributed by atoms with E-state index in [9.17, 15) is 9.18 Å². The normalized spacial score (nSPS) is 12.5. The van der Waals surface area contributed by atoms with Crippen LogP contribution in [0.2, 0.25) is 0 Å². The highest BCUT2D eigenvalue weighted by atomic mass is 19.1. The first-order valence-electron chi connectivity index (χ1n) is 4.48. The van der Waals surface area contributed by atoms with Crippen molar-refractivity contribution in [3.63, 3.8) is 0 Å². The van der Waals surface area contributed by atoms with Crippen molar-refractivity contribution in [3.05, 3.63) is 35.1 Å². The Bertz CT molecular complexity index is 347. The monoisotopic (exact) mass is 196 g/mol. The molecular weight excluding hydrogens is 183 g/mol. The Morgan fingerprint density at radius 3 is 2.71 bits per heavy atom. The van der Waals surface area contributed by atoms with Gasteiger partial charge in [0.05, 0.1) is 6.42 Å². The highest BCUT2D eigenvalue weighted by molar-refractivity contribution is 5.67. The molecule has 1 atom stereocenters. The Morgan fingerprint density at radius 1 is 1.57 bits per heavy atom. The molecule has 0 aliphatic heterocycles. The molecule has 0 fully saturated rings. The lowest BCUT2D eigenvalue weighted by molar-refractivity contribution is -0.137. The summed E-state index contributed by atoms with van der Waals surface area (Å²) in [7, 11) is 0. The van der Waals surface area contributed by atoms with E-state index < -0.39 is 5.97 Å². The molecule has 0 unspecified atom stereocenters. The van der Waals surface area contributed by atoms with E-state index in [-0.39, 0.29) is 18.2 Å². The zero-order valence-electron chi connectivity index (χ0n) is 8.25. The van der Waals surface area contributed by atoms with Gasteiger partial charge in [0.1, 0.15) is 5.82 Å². The molecule has 0 amide bonds. The Hall–Kier alpha value is -1.38. The number of carbonyl (C=O) groups is 1. The van der Waals surface area contributed by atoms with E-state index in [4.69, 9.17) is 5.11 Å². The lowest BCUT2D eigenvalue weighted by Crippen LogP contribution is -2.03.